The van der Waals surface area contributed by atoms with Crippen LogP contribution in [0.3, 0.4) is 0 Å². The zero-order chi connectivity index (χ0) is 15.9. The fourth-order valence-corrected chi connectivity index (χ4v) is 3.03. The van der Waals surface area contributed by atoms with Gasteiger partial charge in [-0.1, -0.05) is 78.9 Å². The molecule has 3 aromatic rings. The first-order valence-corrected chi connectivity index (χ1v) is 8.28. The van der Waals surface area contributed by atoms with Crippen LogP contribution in [0.25, 0.3) is 11.1 Å². The van der Waals surface area contributed by atoms with Crippen molar-refractivity contribution in [1.29, 1.82) is 0 Å². The molecular formula is C22H23N. The molecular weight excluding hydrogens is 278 g/mol. The SMILES string of the molecule is NCc1cccc(CCCc2ccccc2-c2ccccc2)c1. The van der Waals surface area contributed by atoms with Gasteiger partial charge in [0, 0.05) is 6.54 Å². The van der Waals surface area contributed by atoms with Crippen molar-refractivity contribution in [1.82, 2.24) is 0 Å². The smallest absolute Gasteiger partial charge is 0.0178 e. The van der Waals surface area contributed by atoms with E-state index in [2.05, 4.69) is 78.9 Å². The van der Waals surface area contributed by atoms with Crippen LogP contribution in [0.4, 0.5) is 0 Å². The molecule has 0 aliphatic carbocycles. The van der Waals surface area contributed by atoms with E-state index in [0.717, 1.165) is 19.3 Å². The van der Waals surface area contributed by atoms with Gasteiger partial charge in [0.05, 0.1) is 0 Å². The summed E-state index contributed by atoms with van der Waals surface area (Å²) in [6.07, 6.45) is 3.34. The lowest BCUT2D eigenvalue weighted by Gasteiger charge is -2.10. The van der Waals surface area contributed by atoms with E-state index in [4.69, 9.17) is 5.73 Å². The Labute approximate surface area is 138 Å². The van der Waals surface area contributed by atoms with Crippen molar-refractivity contribution in [3.05, 3.63) is 95.6 Å². The van der Waals surface area contributed by atoms with Gasteiger partial charge < -0.3 is 5.73 Å². The molecule has 2 N–H and O–H groups in total. The Hall–Kier alpha value is -2.38. The van der Waals surface area contributed by atoms with Gasteiger partial charge in [0.2, 0.25) is 0 Å². The average molecular weight is 301 g/mol. The van der Waals surface area contributed by atoms with Crippen LogP contribution < -0.4 is 5.73 Å². The Morgan fingerprint density at radius 2 is 1.39 bits per heavy atom. The highest BCUT2D eigenvalue weighted by molar-refractivity contribution is 5.67. The van der Waals surface area contributed by atoms with E-state index in [9.17, 15) is 0 Å². The van der Waals surface area contributed by atoms with Gasteiger partial charge in [-0.3, -0.25) is 0 Å². The molecule has 0 heterocycles. The quantitative estimate of drug-likeness (QED) is 0.682. The van der Waals surface area contributed by atoms with Crippen LogP contribution in [0.15, 0.2) is 78.9 Å². The van der Waals surface area contributed by atoms with Gasteiger partial charge >= 0.3 is 0 Å². The number of aryl methyl sites for hydroxylation is 2. The lowest BCUT2D eigenvalue weighted by molar-refractivity contribution is 0.820. The maximum absolute atomic E-state index is 5.72. The van der Waals surface area contributed by atoms with Crippen LogP contribution in [0.1, 0.15) is 23.1 Å². The average Bonchev–Trinajstić information content (AvgIpc) is 2.63. The summed E-state index contributed by atoms with van der Waals surface area (Å²) in [6, 6.07) is 28.0. The normalized spacial score (nSPS) is 10.7. The van der Waals surface area contributed by atoms with Gasteiger partial charge in [0.1, 0.15) is 0 Å². The summed E-state index contributed by atoms with van der Waals surface area (Å²) in [5, 5.41) is 0. The monoisotopic (exact) mass is 301 g/mol. The minimum Gasteiger partial charge on any atom is -0.326 e. The van der Waals surface area contributed by atoms with Crippen LogP contribution in [0.5, 0.6) is 0 Å². The molecule has 0 amide bonds. The second-order valence-electron chi connectivity index (χ2n) is 5.90. The van der Waals surface area contributed by atoms with Crippen molar-refractivity contribution < 1.29 is 0 Å². The van der Waals surface area contributed by atoms with Crippen molar-refractivity contribution in [2.24, 2.45) is 5.73 Å². The predicted molar refractivity (Wildman–Crippen MR) is 98.2 cm³/mol. The van der Waals surface area contributed by atoms with Crippen LogP contribution >= 0.6 is 0 Å². The molecule has 0 unspecified atom stereocenters. The predicted octanol–water partition coefficient (Wildman–Crippen LogP) is 4.99. The highest BCUT2D eigenvalue weighted by Crippen LogP contribution is 2.24. The number of rotatable bonds is 6. The Bertz CT molecular complexity index is 747. The molecule has 0 saturated heterocycles. The fraction of sp³-hybridized carbons (Fsp3) is 0.182. The summed E-state index contributed by atoms with van der Waals surface area (Å²) < 4.78 is 0. The zero-order valence-electron chi connectivity index (χ0n) is 13.4. The number of nitrogens with two attached hydrogens (primary N) is 1. The van der Waals surface area contributed by atoms with Gasteiger partial charge in [-0.15, -0.1) is 0 Å². The van der Waals surface area contributed by atoms with E-state index in [-0.39, 0.29) is 0 Å². The van der Waals surface area contributed by atoms with Crippen LogP contribution in [-0.2, 0) is 19.4 Å². The van der Waals surface area contributed by atoms with E-state index >= 15 is 0 Å². The first-order chi connectivity index (χ1) is 11.4. The molecule has 0 aliphatic heterocycles. The van der Waals surface area contributed by atoms with Crippen molar-refractivity contribution >= 4 is 0 Å². The summed E-state index contributed by atoms with van der Waals surface area (Å²) in [7, 11) is 0. The molecule has 116 valence electrons. The number of hydrogen-bond donors (Lipinski definition) is 1. The van der Waals surface area contributed by atoms with E-state index in [1.807, 2.05) is 0 Å². The second-order valence-corrected chi connectivity index (χ2v) is 5.90. The first kappa shape index (κ1) is 15.5. The van der Waals surface area contributed by atoms with Crippen molar-refractivity contribution in [2.45, 2.75) is 25.8 Å². The third kappa shape index (κ3) is 4.08. The molecule has 0 aliphatic rings. The summed E-state index contributed by atoms with van der Waals surface area (Å²) in [6.45, 7) is 0.616. The van der Waals surface area contributed by atoms with Gasteiger partial charge in [-0.05, 0) is 47.1 Å². The Kier molecular flexibility index (Phi) is 5.23. The zero-order valence-corrected chi connectivity index (χ0v) is 13.4. The van der Waals surface area contributed by atoms with Crippen LogP contribution in [0.2, 0.25) is 0 Å². The summed E-state index contributed by atoms with van der Waals surface area (Å²) >= 11 is 0. The number of hydrogen-bond acceptors (Lipinski definition) is 1. The highest BCUT2D eigenvalue weighted by atomic mass is 14.5. The topological polar surface area (TPSA) is 26.0 Å². The summed E-state index contributed by atoms with van der Waals surface area (Å²) in [5.41, 5.74) is 12.4. The molecule has 0 radical (unpaired) electrons. The summed E-state index contributed by atoms with van der Waals surface area (Å²) in [5.74, 6) is 0. The number of benzene rings is 3. The lowest BCUT2D eigenvalue weighted by atomic mass is 9.95. The largest absolute Gasteiger partial charge is 0.326 e. The molecule has 1 nitrogen and oxygen atoms in total. The van der Waals surface area contributed by atoms with Gasteiger partial charge in [0.25, 0.3) is 0 Å². The molecule has 0 bridgehead atoms. The van der Waals surface area contributed by atoms with Crippen molar-refractivity contribution in [3.8, 4) is 11.1 Å². The van der Waals surface area contributed by atoms with Gasteiger partial charge in [-0.25, -0.2) is 0 Å². The third-order valence-electron chi connectivity index (χ3n) is 4.24. The first-order valence-electron chi connectivity index (χ1n) is 8.28. The highest BCUT2D eigenvalue weighted by Gasteiger charge is 2.04. The minimum absolute atomic E-state index is 0.616. The Morgan fingerprint density at radius 1 is 0.652 bits per heavy atom. The summed E-state index contributed by atoms with van der Waals surface area (Å²) in [4.78, 5) is 0. The van der Waals surface area contributed by atoms with Crippen molar-refractivity contribution in [2.75, 3.05) is 0 Å². The second kappa shape index (κ2) is 7.75. The van der Waals surface area contributed by atoms with E-state index < -0.39 is 0 Å². The van der Waals surface area contributed by atoms with Gasteiger partial charge in [-0.2, -0.15) is 0 Å². The molecule has 0 fully saturated rings. The van der Waals surface area contributed by atoms with Gasteiger partial charge in [0.15, 0.2) is 0 Å². The Balaban J connectivity index is 1.69. The molecule has 23 heavy (non-hydrogen) atoms. The maximum atomic E-state index is 5.72. The van der Waals surface area contributed by atoms with Crippen LogP contribution in [-0.4, -0.2) is 0 Å². The maximum Gasteiger partial charge on any atom is 0.0178 e. The van der Waals surface area contributed by atoms with E-state index in [1.54, 1.807) is 0 Å². The Morgan fingerprint density at radius 3 is 2.22 bits per heavy atom. The van der Waals surface area contributed by atoms with Crippen molar-refractivity contribution in [3.63, 3.8) is 0 Å². The molecule has 0 spiro atoms. The molecule has 3 rings (SSSR count). The molecule has 1 heteroatoms. The lowest BCUT2D eigenvalue weighted by Crippen LogP contribution is -1.98. The van der Waals surface area contributed by atoms with E-state index in [0.29, 0.717) is 6.54 Å². The molecule has 0 saturated carbocycles. The van der Waals surface area contributed by atoms with E-state index in [1.165, 1.54) is 27.8 Å². The standard InChI is InChI=1S/C22H23N/c23-17-19-10-6-8-18(16-19)9-7-14-21-13-4-5-15-22(21)20-11-2-1-3-12-20/h1-6,8,10-13,15-16H,7,9,14,17,23H2. The van der Waals surface area contributed by atoms with Crippen LogP contribution in [0, 0.1) is 0 Å². The third-order valence-corrected chi connectivity index (χ3v) is 4.24. The molecule has 0 atom stereocenters. The molecule has 3 aromatic carbocycles. The minimum atomic E-state index is 0.616. The fourth-order valence-electron chi connectivity index (χ4n) is 3.03. The molecule has 0 aromatic heterocycles.